The highest BCUT2D eigenvalue weighted by Gasteiger charge is 2.14. The first-order valence-electron chi connectivity index (χ1n) is 9.70. The van der Waals surface area contributed by atoms with Gasteiger partial charge in [-0.05, 0) is 54.1 Å². The first kappa shape index (κ1) is 24.7. The summed E-state index contributed by atoms with van der Waals surface area (Å²) in [5, 5.41) is 12.7. The normalized spacial score (nSPS) is 10.9. The molecule has 0 spiro atoms. The van der Waals surface area contributed by atoms with Crippen molar-refractivity contribution >= 4 is 46.8 Å². The molecule has 10 heteroatoms. The van der Waals surface area contributed by atoms with E-state index in [1.54, 1.807) is 30.3 Å². The Morgan fingerprint density at radius 3 is 2.53 bits per heavy atom. The number of nitrogens with one attached hydrogen (secondary N) is 1. The van der Waals surface area contributed by atoms with E-state index >= 15 is 0 Å². The third-order valence-corrected chi connectivity index (χ3v) is 5.20. The summed E-state index contributed by atoms with van der Waals surface area (Å²) in [5.74, 6) is 0.0508. The van der Waals surface area contributed by atoms with Crippen molar-refractivity contribution in [3.63, 3.8) is 0 Å². The Bertz CT molecular complexity index is 1290. The van der Waals surface area contributed by atoms with Gasteiger partial charge in [-0.1, -0.05) is 29.3 Å². The molecule has 0 radical (unpaired) electrons. The van der Waals surface area contributed by atoms with E-state index in [1.807, 2.05) is 6.07 Å². The molecule has 8 nitrogen and oxygen atoms in total. The Kier molecular flexibility index (Phi) is 8.19. The zero-order chi connectivity index (χ0) is 24.7. The van der Waals surface area contributed by atoms with E-state index in [9.17, 15) is 14.9 Å². The maximum Gasteiger partial charge on any atom is 0.373 e. The number of rotatable bonds is 8. The van der Waals surface area contributed by atoms with Crippen molar-refractivity contribution in [1.29, 1.82) is 5.26 Å². The smallest absolute Gasteiger partial charge is 0.373 e. The number of hydrogen-bond acceptors (Lipinski definition) is 7. The van der Waals surface area contributed by atoms with Crippen LogP contribution in [-0.2, 0) is 16.1 Å². The number of carbonyl (C=O) groups is 2. The van der Waals surface area contributed by atoms with Gasteiger partial charge in [0.05, 0.1) is 24.3 Å². The predicted octanol–water partition coefficient (Wildman–Crippen LogP) is 5.51. The molecule has 0 atom stereocenters. The van der Waals surface area contributed by atoms with Crippen LogP contribution in [0.15, 0.2) is 58.5 Å². The van der Waals surface area contributed by atoms with Crippen LogP contribution in [0, 0.1) is 11.3 Å². The average Bonchev–Trinajstić information content (AvgIpc) is 3.32. The lowest BCUT2D eigenvalue weighted by Gasteiger charge is -2.11. The number of carbonyl (C=O) groups excluding carboxylic acids is 2. The van der Waals surface area contributed by atoms with Crippen molar-refractivity contribution in [2.75, 3.05) is 19.5 Å². The summed E-state index contributed by atoms with van der Waals surface area (Å²) in [5.41, 5.74) is 0.805. The van der Waals surface area contributed by atoms with E-state index in [4.69, 9.17) is 37.1 Å². The largest absolute Gasteiger partial charge is 0.493 e. The van der Waals surface area contributed by atoms with Gasteiger partial charge in [0, 0.05) is 5.69 Å². The molecule has 0 fully saturated rings. The molecule has 3 aromatic rings. The van der Waals surface area contributed by atoms with Crippen molar-refractivity contribution in [3.8, 4) is 17.6 Å². The molecular formula is C24H18Cl2N2O6. The number of halogens is 2. The molecule has 1 heterocycles. The van der Waals surface area contributed by atoms with E-state index in [1.165, 1.54) is 38.5 Å². The first-order chi connectivity index (χ1) is 16.3. The van der Waals surface area contributed by atoms with Gasteiger partial charge in [0.2, 0.25) is 5.76 Å². The van der Waals surface area contributed by atoms with E-state index in [-0.39, 0.29) is 23.0 Å². The quantitative estimate of drug-likeness (QED) is 0.246. The monoisotopic (exact) mass is 500 g/mol. The fourth-order valence-corrected chi connectivity index (χ4v) is 3.09. The van der Waals surface area contributed by atoms with Crippen LogP contribution in [0.2, 0.25) is 10.0 Å². The van der Waals surface area contributed by atoms with Crippen molar-refractivity contribution in [2.45, 2.75) is 6.61 Å². The maximum absolute atomic E-state index is 12.5. The Hall–Kier alpha value is -3.93. The van der Waals surface area contributed by atoms with Crippen molar-refractivity contribution in [1.82, 2.24) is 0 Å². The van der Waals surface area contributed by atoms with E-state index < -0.39 is 11.9 Å². The minimum absolute atomic E-state index is 0.0397. The van der Waals surface area contributed by atoms with Crippen LogP contribution in [0.5, 0.6) is 11.5 Å². The van der Waals surface area contributed by atoms with Crippen molar-refractivity contribution in [3.05, 3.63) is 81.2 Å². The number of benzene rings is 2. The number of ether oxygens (including phenoxy) is 3. The number of amides is 1. The molecule has 0 aliphatic heterocycles. The van der Waals surface area contributed by atoms with Crippen molar-refractivity contribution < 1.29 is 28.2 Å². The van der Waals surface area contributed by atoms with Gasteiger partial charge in [-0.15, -0.1) is 0 Å². The lowest BCUT2D eigenvalue weighted by Crippen LogP contribution is -2.13. The lowest BCUT2D eigenvalue weighted by molar-refractivity contribution is -0.112. The highest BCUT2D eigenvalue weighted by molar-refractivity contribution is 6.42. The molecule has 1 aromatic heterocycles. The average molecular weight is 501 g/mol. The topological polar surface area (TPSA) is 111 Å². The van der Waals surface area contributed by atoms with E-state index in [0.717, 1.165) is 0 Å². The van der Waals surface area contributed by atoms with Crippen LogP contribution < -0.4 is 14.8 Å². The fourth-order valence-electron chi connectivity index (χ4n) is 2.80. The minimum Gasteiger partial charge on any atom is -0.493 e. The van der Waals surface area contributed by atoms with Gasteiger partial charge in [0.25, 0.3) is 5.91 Å². The number of methoxy groups -OCH3 is 2. The molecule has 174 valence electrons. The highest BCUT2D eigenvalue weighted by atomic mass is 35.5. The van der Waals surface area contributed by atoms with Gasteiger partial charge in [-0.2, -0.15) is 5.26 Å². The third kappa shape index (κ3) is 6.10. The van der Waals surface area contributed by atoms with Crippen molar-refractivity contribution in [2.24, 2.45) is 0 Å². The summed E-state index contributed by atoms with van der Waals surface area (Å²) in [6.45, 7) is 0.0397. The second-order valence-electron chi connectivity index (χ2n) is 6.71. The van der Waals surface area contributed by atoms with Gasteiger partial charge < -0.3 is 23.9 Å². The SMILES string of the molecule is COC(=O)c1ccc(COc2ccc(/C=C(\C#N)C(=O)Nc3ccc(Cl)c(Cl)c3)cc2OC)o1. The van der Waals surface area contributed by atoms with Gasteiger partial charge >= 0.3 is 5.97 Å². The molecule has 34 heavy (non-hydrogen) atoms. The summed E-state index contributed by atoms with van der Waals surface area (Å²) in [6, 6.07) is 14.5. The number of hydrogen-bond donors (Lipinski definition) is 1. The number of esters is 1. The molecule has 0 saturated heterocycles. The Labute approximate surface area is 205 Å². The predicted molar refractivity (Wildman–Crippen MR) is 126 cm³/mol. The summed E-state index contributed by atoms with van der Waals surface area (Å²) in [4.78, 5) is 24.0. The molecule has 1 N–H and O–H groups in total. The maximum atomic E-state index is 12.5. The van der Waals surface area contributed by atoms with Crippen LogP contribution in [0.25, 0.3) is 6.08 Å². The van der Waals surface area contributed by atoms with Gasteiger partial charge in [-0.3, -0.25) is 4.79 Å². The molecule has 0 unspecified atom stereocenters. The summed E-state index contributed by atoms with van der Waals surface area (Å²) in [7, 11) is 2.72. The second kappa shape index (κ2) is 11.3. The summed E-state index contributed by atoms with van der Waals surface area (Å²) >= 11 is 11.8. The van der Waals surface area contributed by atoms with Crippen LogP contribution in [0.3, 0.4) is 0 Å². The molecule has 0 saturated carbocycles. The summed E-state index contributed by atoms with van der Waals surface area (Å²) in [6.07, 6.45) is 1.41. The number of nitrogens with zero attached hydrogens (tertiary/aromatic N) is 1. The minimum atomic E-state index is -0.612. The third-order valence-electron chi connectivity index (χ3n) is 4.46. The van der Waals surface area contributed by atoms with Gasteiger partial charge in [0.15, 0.2) is 11.5 Å². The van der Waals surface area contributed by atoms with Crippen LogP contribution >= 0.6 is 23.2 Å². The van der Waals surface area contributed by atoms with Crippen LogP contribution in [0.4, 0.5) is 5.69 Å². The second-order valence-corrected chi connectivity index (χ2v) is 7.52. The van der Waals surface area contributed by atoms with Crippen LogP contribution in [-0.4, -0.2) is 26.1 Å². The number of nitriles is 1. The molecule has 1 amide bonds. The van der Waals surface area contributed by atoms with Gasteiger partial charge in [-0.25, -0.2) is 4.79 Å². The molecule has 0 bridgehead atoms. The van der Waals surface area contributed by atoms with Crippen LogP contribution in [0.1, 0.15) is 21.9 Å². The molecule has 0 aliphatic carbocycles. The molecule has 0 aliphatic rings. The molecular weight excluding hydrogens is 483 g/mol. The van der Waals surface area contributed by atoms with E-state index in [0.29, 0.717) is 33.5 Å². The highest BCUT2D eigenvalue weighted by Crippen LogP contribution is 2.30. The molecule has 3 rings (SSSR count). The Balaban J connectivity index is 1.73. The molecule has 2 aromatic carbocycles. The number of furan rings is 1. The Morgan fingerprint density at radius 2 is 1.85 bits per heavy atom. The van der Waals surface area contributed by atoms with E-state index in [2.05, 4.69) is 10.1 Å². The standard InChI is InChI=1S/C24H18Cl2N2O6/c1-31-22-10-14(3-7-20(22)33-13-17-5-8-21(34-17)24(30)32-2)9-15(12-27)23(29)28-16-4-6-18(25)19(26)11-16/h3-11H,13H2,1-2H3,(H,28,29)/b15-9+. The lowest BCUT2D eigenvalue weighted by atomic mass is 10.1. The fraction of sp³-hybridized carbons (Fsp3) is 0.125. The number of anilines is 1. The zero-order valence-corrected chi connectivity index (χ0v) is 19.6. The van der Waals surface area contributed by atoms with Gasteiger partial charge in [0.1, 0.15) is 24.0 Å². The first-order valence-corrected chi connectivity index (χ1v) is 10.5. The Morgan fingerprint density at radius 1 is 1.06 bits per heavy atom. The summed E-state index contributed by atoms with van der Waals surface area (Å²) < 4.78 is 21.0. The zero-order valence-electron chi connectivity index (χ0n) is 18.1.